The van der Waals surface area contributed by atoms with Crippen LogP contribution in [0.15, 0.2) is 48.5 Å². The molecule has 1 saturated heterocycles. The van der Waals surface area contributed by atoms with E-state index in [4.69, 9.17) is 15.9 Å². The van der Waals surface area contributed by atoms with Crippen molar-refractivity contribution in [2.24, 2.45) is 0 Å². The maximum Gasteiger partial charge on any atom is 0.247 e. The molecule has 30 heavy (non-hydrogen) atoms. The van der Waals surface area contributed by atoms with Crippen molar-refractivity contribution < 1.29 is 19.1 Å². The van der Waals surface area contributed by atoms with Gasteiger partial charge in [-0.2, -0.15) is 0 Å². The molecule has 0 bridgehead atoms. The molecular formula is C24H26N2O4. The number of rotatable bonds is 8. The van der Waals surface area contributed by atoms with Gasteiger partial charge < -0.3 is 19.7 Å². The molecule has 6 heteroatoms. The second-order valence-electron chi connectivity index (χ2n) is 7.05. The number of hydrogen-bond donors (Lipinski definition) is 1. The van der Waals surface area contributed by atoms with E-state index in [2.05, 4.69) is 11.2 Å². The molecule has 156 valence electrons. The molecule has 0 aromatic heterocycles. The lowest BCUT2D eigenvalue weighted by atomic mass is 10.0. The topological polar surface area (TPSA) is 67.9 Å². The molecule has 1 heterocycles. The Labute approximate surface area is 177 Å². The molecular weight excluding hydrogens is 380 g/mol. The van der Waals surface area contributed by atoms with Crippen LogP contribution in [0.25, 0.3) is 0 Å². The molecule has 2 aromatic carbocycles. The van der Waals surface area contributed by atoms with Gasteiger partial charge in [-0.25, -0.2) is 0 Å². The zero-order chi connectivity index (χ0) is 21.3. The van der Waals surface area contributed by atoms with E-state index < -0.39 is 6.04 Å². The van der Waals surface area contributed by atoms with Crippen LogP contribution in [0.3, 0.4) is 0 Å². The number of hydrogen-bond acceptors (Lipinski definition) is 4. The first-order chi connectivity index (χ1) is 14.6. The fraction of sp³-hybridized carbons (Fsp3) is 0.333. The van der Waals surface area contributed by atoms with Gasteiger partial charge in [0.15, 0.2) is 11.5 Å². The highest BCUT2D eigenvalue weighted by Gasteiger charge is 2.32. The zero-order valence-electron chi connectivity index (χ0n) is 17.1. The lowest BCUT2D eigenvalue weighted by Gasteiger charge is -2.34. The molecule has 0 spiro atoms. The van der Waals surface area contributed by atoms with Crippen LogP contribution >= 0.6 is 0 Å². The number of likely N-dealkylation sites (tertiary alicyclic amines) is 1. The fourth-order valence-corrected chi connectivity index (χ4v) is 3.56. The summed E-state index contributed by atoms with van der Waals surface area (Å²) in [5.41, 5.74) is 1.64. The minimum absolute atomic E-state index is 0.0136. The van der Waals surface area contributed by atoms with E-state index in [9.17, 15) is 9.59 Å². The normalized spacial score (nSPS) is 14.5. The number of methoxy groups -OCH3 is 1. The van der Waals surface area contributed by atoms with E-state index in [-0.39, 0.29) is 18.4 Å². The van der Waals surface area contributed by atoms with E-state index >= 15 is 0 Å². The summed E-state index contributed by atoms with van der Waals surface area (Å²) in [6.07, 6.45) is 7.51. The van der Waals surface area contributed by atoms with Gasteiger partial charge in [0.1, 0.15) is 12.6 Å². The van der Waals surface area contributed by atoms with Gasteiger partial charge in [0.05, 0.1) is 7.11 Å². The van der Waals surface area contributed by atoms with Crippen molar-refractivity contribution in [1.29, 1.82) is 0 Å². The van der Waals surface area contributed by atoms with E-state index in [1.807, 2.05) is 36.4 Å². The summed E-state index contributed by atoms with van der Waals surface area (Å²) < 4.78 is 10.8. The number of carbonyl (C=O) groups is 2. The Morgan fingerprint density at radius 1 is 1.20 bits per heavy atom. The first-order valence-electron chi connectivity index (χ1n) is 9.99. The van der Waals surface area contributed by atoms with Crippen LogP contribution < -0.4 is 14.8 Å². The number of nitrogens with zero attached hydrogens (tertiary/aromatic N) is 1. The molecule has 1 aliphatic heterocycles. The molecule has 1 aliphatic rings. The van der Waals surface area contributed by atoms with Gasteiger partial charge in [0.2, 0.25) is 11.8 Å². The van der Waals surface area contributed by atoms with Gasteiger partial charge in [0.25, 0.3) is 0 Å². The van der Waals surface area contributed by atoms with Crippen molar-refractivity contribution in [3.05, 3.63) is 59.7 Å². The Kier molecular flexibility index (Phi) is 7.34. The van der Waals surface area contributed by atoms with Crippen LogP contribution in [0, 0.1) is 12.3 Å². The van der Waals surface area contributed by atoms with E-state index in [1.54, 1.807) is 24.1 Å². The smallest absolute Gasteiger partial charge is 0.247 e. The van der Waals surface area contributed by atoms with Gasteiger partial charge in [-0.3, -0.25) is 9.59 Å². The van der Waals surface area contributed by atoms with Gasteiger partial charge in [-0.15, -0.1) is 6.42 Å². The molecule has 0 aliphatic carbocycles. The Morgan fingerprint density at radius 3 is 2.70 bits per heavy atom. The van der Waals surface area contributed by atoms with Crippen LogP contribution in [0.1, 0.15) is 36.4 Å². The van der Waals surface area contributed by atoms with Crippen molar-refractivity contribution in [3.8, 4) is 23.8 Å². The fourth-order valence-electron chi connectivity index (χ4n) is 3.56. The maximum absolute atomic E-state index is 13.2. The summed E-state index contributed by atoms with van der Waals surface area (Å²) in [4.78, 5) is 27.3. The second-order valence-corrected chi connectivity index (χ2v) is 7.05. The Bertz CT molecular complexity index is 921. The average molecular weight is 406 g/mol. The summed E-state index contributed by atoms with van der Waals surface area (Å²) >= 11 is 0. The van der Waals surface area contributed by atoms with E-state index in [0.717, 1.165) is 24.0 Å². The van der Waals surface area contributed by atoms with Crippen LogP contribution in [0.5, 0.6) is 11.5 Å². The average Bonchev–Trinajstić information content (AvgIpc) is 2.78. The number of benzene rings is 2. The number of ether oxygens (including phenoxy) is 2. The van der Waals surface area contributed by atoms with Gasteiger partial charge >= 0.3 is 0 Å². The van der Waals surface area contributed by atoms with Crippen molar-refractivity contribution in [2.45, 2.75) is 31.8 Å². The second kappa shape index (κ2) is 10.4. The van der Waals surface area contributed by atoms with Crippen molar-refractivity contribution in [3.63, 3.8) is 0 Å². The number of nitrogens with one attached hydrogen (secondary N) is 1. The molecule has 1 fully saturated rings. The van der Waals surface area contributed by atoms with E-state index in [0.29, 0.717) is 31.0 Å². The highest BCUT2D eigenvalue weighted by molar-refractivity contribution is 5.89. The third kappa shape index (κ3) is 5.12. The highest BCUT2D eigenvalue weighted by Crippen LogP contribution is 2.29. The molecule has 1 atom stereocenters. The predicted molar refractivity (Wildman–Crippen MR) is 114 cm³/mol. The molecule has 2 aromatic rings. The van der Waals surface area contributed by atoms with Crippen molar-refractivity contribution in [1.82, 2.24) is 10.2 Å². The Morgan fingerprint density at radius 2 is 2.00 bits per heavy atom. The quantitative estimate of drug-likeness (QED) is 0.684. The minimum Gasteiger partial charge on any atom is -0.493 e. The molecule has 1 N–H and O–H groups in total. The van der Waals surface area contributed by atoms with E-state index in [1.165, 1.54) is 0 Å². The predicted octanol–water partition coefficient (Wildman–Crippen LogP) is 3.08. The van der Waals surface area contributed by atoms with Crippen molar-refractivity contribution in [2.75, 3.05) is 20.3 Å². The third-order valence-corrected chi connectivity index (χ3v) is 5.04. The summed E-state index contributed by atoms with van der Waals surface area (Å²) in [5.74, 6) is 3.32. The monoisotopic (exact) mass is 406 g/mol. The summed E-state index contributed by atoms with van der Waals surface area (Å²) in [6.45, 7) is 0.998. The first kappa shape index (κ1) is 21.3. The SMILES string of the molecule is C#CCOc1cc(CNC(=O)C(c2ccccc2)N2CCCCC2=O)ccc1OC. The lowest BCUT2D eigenvalue weighted by Crippen LogP contribution is -2.45. The zero-order valence-corrected chi connectivity index (χ0v) is 17.1. The van der Waals surface area contributed by atoms with Gasteiger partial charge in [-0.05, 0) is 36.1 Å². The molecule has 0 radical (unpaired) electrons. The molecule has 1 unspecified atom stereocenters. The molecule has 6 nitrogen and oxygen atoms in total. The maximum atomic E-state index is 13.2. The van der Waals surface area contributed by atoms with Crippen LogP contribution in [-0.2, 0) is 16.1 Å². The number of carbonyl (C=O) groups excluding carboxylic acids is 2. The van der Waals surface area contributed by atoms with Crippen LogP contribution in [0.4, 0.5) is 0 Å². The van der Waals surface area contributed by atoms with Crippen LogP contribution in [-0.4, -0.2) is 37.0 Å². The van der Waals surface area contributed by atoms with Gasteiger partial charge in [-0.1, -0.05) is 42.3 Å². The standard InChI is InChI=1S/C24H26N2O4/c1-3-15-30-21-16-18(12-13-20(21)29-2)17-25-24(28)23(19-9-5-4-6-10-19)26-14-8-7-11-22(26)27/h1,4-6,9-10,12-13,16,23H,7-8,11,14-15,17H2,2H3,(H,25,28). The van der Waals surface area contributed by atoms with Crippen molar-refractivity contribution >= 4 is 11.8 Å². The lowest BCUT2D eigenvalue weighted by molar-refractivity contribution is -0.142. The molecule has 2 amide bonds. The molecule has 3 rings (SSSR count). The largest absolute Gasteiger partial charge is 0.493 e. The number of piperidine rings is 1. The Hall–Kier alpha value is -3.46. The minimum atomic E-state index is -0.644. The van der Waals surface area contributed by atoms with Crippen LogP contribution in [0.2, 0.25) is 0 Å². The number of terminal acetylenes is 1. The highest BCUT2D eigenvalue weighted by atomic mass is 16.5. The summed E-state index contributed by atoms with van der Waals surface area (Å²) in [7, 11) is 1.56. The molecule has 0 saturated carbocycles. The first-order valence-corrected chi connectivity index (χ1v) is 9.99. The summed E-state index contributed by atoms with van der Waals surface area (Å²) in [6, 6.07) is 14.2. The third-order valence-electron chi connectivity index (χ3n) is 5.04. The number of amides is 2. The van der Waals surface area contributed by atoms with Gasteiger partial charge in [0, 0.05) is 19.5 Å². The summed E-state index contributed by atoms with van der Waals surface area (Å²) in [5, 5.41) is 2.97. The Balaban J connectivity index is 1.76.